The second-order valence-electron chi connectivity index (χ2n) is 12.0. The maximum atomic E-state index is 15.2. The molecule has 0 unspecified atom stereocenters. The molecule has 0 radical (unpaired) electrons. The lowest BCUT2D eigenvalue weighted by molar-refractivity contribution is -0.152. The van der Waals surface area contributed by atoms with Crippen LogP contribution in [0.5, 0.6) is 0 Å². The molecule has 2 heterocycles. The molecule has 1 saturated carbocycles. The number of unbranched alkanes of at least 4 members (excludes halogenated alkanes) is 10. The Morgan fingerprint density at radius 2 is 1.51 bits per heavy atom. The predicted molar refractivity (Wildman–Crippen MR) is 164 cm³/mol. The van der Waals surface area contributed by atoms with Crippen LogP contribution in [0.15, 0.2) is 23.1 Å². The number of carboxylic acid groups (broad SMARTS) is 1. The van der Waals surface area contributed by atoms with Crippen LogP contribution in [0.2, 0.25) is 0 Å². The topological polar surface area (TPSA) is 109 Å². The predicted octanol–water partition coefficient (Wildman–Crippen LogP) is 6.07. The van der Waals surface area contributed by atoms with E-state index >= 15 is 4.39 Å². The van der Waals surface area contributed by atoms with Crippen LogP contribution >= 0.6 is 0 Å². The number of benzene rings is 1. The number of esters is 1. The Morgan fingerprint density at radius 3 is 2.09 bits per heavy atom. The van der Waals surface area contributed by atoms with Gasteiger partial charge in [-0.25, -0.2) is 9.18 Å². The van der Waals surface area contributed by atoms with Crippen molar-refractivity contribution >= 4 is 34.4 Å². The van der Waals surface area contributed by atoms with Gasteiger partial charge in [0.25, 0.3) is 5.91 Å². The number of pyridine rings is 1. The number of rotatable bonds is 17. The summed E-state index contributed by atoms with van der Waals surface area (Å²) in [5.74, 6) is -2.56. The number of amides is 1. The van der Waals surface area contributed by atoms with Gasteiger partial charge in [0.1, 0.15) is 11.4 Å². The number of hydrogen-bond donors (Lipinski definition) is 1. The van der Waals surface area contributed by atoms with Crippen molar-refractivity contribution in [1.29, 1.82) is 0 Å². The van der Waals surface area contributed by atoms with Gasteiger partial charge in [-0.05, 0) is 31.4 Å². The summed E-state index contributed by atoms with van der Waals surface area (Å²) in [7, 11) is 0. The number of hydrogen-bond acceptors (Lipinski definition) is 6. The summed E-state index contributed by atoms with van der Waals surface area (Å²) in [4.78, 5) is 52.6. The van der Waals surface area contributed by atoms with Crippen LogP contribution in [-0.4, -0.2) is 65.2 Å². The second-order valence-corrected chi connectivity index (χ2v) is 12.0. The number of piperazine rings is 1. The van der Waals surface area contributed by atoms with Crippen molar-refractivity contribution in [3.05, 3.63) is 39.9 Å². The Morgan fingerprint density at radius 1 is 0.907 bits per heavy atom. The fraction of sp³-hybridized carbons (Fsp3) is 0.636. The first-order valence-electron chi connectivity index (χ1n) is 16.1. The molecule has 0 spiro atoms. The number of halogens is 1. The van der Waals surface area contributed by atoms with E-state index in [4.69, 9.17) is 4.74 Å². The SMILES string of the molecule is CCCCCCCCCCCCCC(=O)OCC(=O)N1CCN(c2cc3c(cc2F)c(=O)c(C(=O)O)cn3C2CC2)CC1. The van der Waals surface area contributed by atoms with E-state index in [1.807, 2.05) is 4.90 Å². The summed E-state index contributed by atoms with van der Waals surface area (Å²) >= 11 is 0. The fourth-order valence-electron chi connectivity index (χ4n) is 5.84. The number of fused-ring (bicyclic) bond motifs is 1. The number of aromatic carboxylic acids is 1. The molecule has 1 N–H and O–H groups in total. The third-order valence-corrected chi connectivity index (χ3v) is 8.59. The van der Waals surface area contributed by atoms with Gasteiger partial charge in [-0.3, -0.25) is 14.4 Å². The molecule has 0 atom stereocenters. The number of aromatic nitrogens is 1. The monoisotopic (exact) mass is 599 g/mol. The van der Waals surface area contributed by atoms with E-state index in [1.165, 1.54) is 57.6 Å². The van der Waals surface area contributed by atoms with Crippen LogP contribution in [-0.2, 0) is 14.3 Å². The van der Waals surface area contributed by atoms with Crippen molar-refractivity contribution in [2.75, 3.05) is 37.7 Å². The smallest absolute Gasteiger partial charge is 0.341 e. The lowest BCUT2D eigenvalue weighted by Gasteiger charge is -2.36. The summed E-state index contributed by atoms with van der Waals surface area (Å²) in [5.41, 5.74) is -0.233. The van der Waals surface area contributed by atoms with Crippen molar-refractivity contribution in [3.63, 3.8) is 0 Å². The van der Waals surface area contributed by atoms with Gasteiger partial charge < -0.3 is 24.2 Å². The fourth-order valence-corrected chi connectivity index (χ4v) is 5.84. The third kappa shape index (κ3) is 9.03. The van der Waals surface area contributed by atoms with E-state index in [9.17, 15) is 24.3 Å². The number of carbonyl (C=O) groups excluding carboxylic acids is 2. The molecule has 1 aliphatic carbocycles. The molecule has 4 rings (SSSR count). The third-order valence-electron chi connectivity index (χ3n) is 8.59. The summed E-state index contributed by atoms with van der Waals surface area (Å²) in [6, 6.07) is 2.83. The molecule has 236 valence electrons. The Hall–Kier alpha value is -3.43. The Labute approximate surface area is 253 Å². The van der Waals surface area contributed by atoms with Gasteiger partial charge in [0.05, 0.1) is 11.2 Å². The van der Waals surface area contributed by atoms with Crippen LogP contribution in [0.3, 0.4) is 0 Å². The van der Waals surface area contributed by atoms with Crippen molar-refractivity contribution in [1.82, 2.24) is 9.47 Å². The zero-order chi connectivity index (χ0) is 30.8. The molecular weight excluding hydrogens is 553 g/mol. The van der Waals surface area contributed by atoms with Crippen LogP contribution in [0.25, 0.3) is 10.9 Å². The molecule has 2 aromatic rings. The van der Waals surface area contributed by atoms with Crippen molar-refractivity contribution in [2.24, 2.45) is 0 Å². The second kappa shape index (κ2) is 15.9. The summed E-state index contributed by atoms with van der Waals surface area (Å²) < 4.78 is 22.2. The van der Waals surface area contributed by atoms with Gasteiger partial charge in [-0.15, -0.1) is 0 Å². The molecule has 1 aromatic carbocycles. The molecular formula is C33H46FN3O6. The number of anilines is 1. The van der Waals surface area contributed by atoms with E-state index in [0.717, 1.165) is 38.2 Å². The molecule has 1 aromatic heterocycles. The van der Waals surface area contributed by atoms with Crippen molar-refractivity contribution < 1.29 is 28.6 Å². The molecule has 0 bridgehead atoms. The molecule has 1 amide bonds. The lowest BCUT2D eigenvalue weighted by atomic mass is 10.1. The molecule has 2 fully saturated rings. The van der Waals surface area contributed by atoms with Crippen molar-refractivity contribution in [2.45, 2.75) is 103 Å². The molecule has 43 heavy (non-hydrogen) atoms. The minimum absolute atomic E-state index is 0.0526. The standard InChI is InChI=1S/C33H46FN3O6/c1-2-3-4-5-6-7-8-9-10-11-12-13-31(39)43-23-30(38)36-18-16-35(17-19-36)29-21-28-25(20-27(29)34)32(40)26(33(41)42)22-37(28)24-14-15-24/h20-22,24H,2-19,23H2,1H3,(H,41,42). The summed E-state index contributed by atoms with van der Waals surface area (Å²) in [6.45, 7) is 3.39. The maximum absolute atomic E-state index is 15.2. The minimum Gasteiger partial charge on any atom is -0.477 e. The van der Waals surface area contributed by atoms with Gasteiger partial charge >= 0.3 is 11.9 Å². The number of ether oxygens (including phenoxy) is 1. The van der Waals surface area contributed by atoms with Crippen LogP contribution in [0, 0.1) is 5.82 Å². The summed E-state index contributed by atoms with van der Waals surface area (Å²) in [6.07, 6.45) is 16.6. The first kappa shape index (κ1) is 32.5. The van der Waals surface area contributed by atoms with E-state index in [2.05, 4.69) is 6.92 Å². The Kier molecular flexibility index (Phi) is 12.0. The average Bonchev–Trinajstić information content (AvgIpc) is 3.84. The molecule has 1 saturated heterocycles. The number of carboxylic acids is 1. The minimum atomic E-state index is -1.33. The highest BCUT2D eigenvalue weighted by molar-refractivity contribution is 5.93. The zero-order valence-corrected chi connectivity index (χ0v) is 25.5. The molecule has 9 nitrogen and oxygen atoms in total. The normalized spacial score (nSPS) is 15.2. The molecule has 1 aliphatic heterocycles. The average molecular weight is 600 g/mol. The maximum Gasteiger partial charge on any atom is 0.341 e. The number of carbonyl (C=O) groups is 3. The van der Waals surface area contributed by atoms with Gasteiger partial charge in [0, 0.05) is 50.2 Å². The van der Waals surface area contributed by atoms with Crippen molar-refractivity contribution in [3.8, 4) is 0 Å². The molecule has 2 aliphatic rings. The van der Waals surface area contributed by atoms with Gasteiger partial charge in [-0.2, -0.15) is 0 Å². The highest BCUT2D eigenvalue weighted by Crippen LogP contribution is 2.38. The van der Waals surface area contributed by atoms with Crippen LogP contribution < -0.4 is 10.3 Å². The van der Waals surface area contributed by atoms with E-state index in [-0.39, 0.29) is 35.5 Å². The van der Waals surface area contributed by atoms with E-state index in [1.54, 1.807) is 15.5 Å². The first-order chi connectivity index (χ1) is 20.8. The Bertz CT molecular complexity index is 1330. The Balaban J connectivity index is 1.19. The lowest BCUT2D eigenvalue weighted by Crippen LogP contribution is -2.50. The van der Waals surface area contributed by atoms with Crippen LogP contribution in [0.4, 0.5) is 10.1 Å². The zero-order valence-electron chi connectivity index (χ0n) is 25.5. The van der Waals surface area contributed by atoms with Gasteiger partial charge in [0.15, 0.2) is 6.61 Å². The summed E-state index contributed by atoms with van der Waals surface area (Å²) in [5, 5.41) is 9.50. The quantitative estimate of drug-likeness (QED) is 0.174. The highest BCUT2D eigenvalue weighted by atomic mass is 19.1. The van der Waals surface area contributed by atoms with Gasteiger partial charge in [-0.1, -0.05) is 71.1 Å². The van der Waals surface area contributed by atoms with Gasteiger partial charge in [0.2, 0.25) is 5.43 Å². The largest absolute Gasteiger partial charge is 0.477 e. The van der Waals surface area contributed by atoms with E-state index < -0.39 is 17.2 Å². The highest BCUT2D eigenvalue weighted by Gasteiger charge is 2.29. The molecule has 10 heteroatoms. The van der Waals surface area contributed by atoms with E-state index in [0.29, 0.717) is 43.8 Å². The number of nitrogens with zero attached hydrogens (tertiary/aromatic N) is 3. The van der Waals surface area contributed by atoms with Crippen LogP contribution in [0.1, 0.15) is 113 Å². The first-order valence-corrected chi connectivity index (χ1v) is 16.1.